The van der Waals surface area contributed by atoms with Crippen molar-refractivity contribution < 1.29 is 14.4 Å². The quantitative estimate of drug-likeness (QED) is 0.545. The first-order valence-corrected chi connectivity index (χ1v) is 12.3. The summed E-state index contributed by atoms with van der Waals surface area (Å²) in [5.41, 5.74) is 2.68. The Morgan fingerprint density at radius 2 is 1.91 bits per heavy atom. The van der Waals surface area contributed by atoms with E-state index in [0.717, 1.165) is 74.4 Å². The van der Waals surface area contributed by atoms with Gasteiger partial charge in [0.05, 0.1) is 16.1 Å². The Balaban J connectivity index is 1.50. The van der Waals surface area contributed by atoms with Crippen molar-refractivity contribution in [1.29, 1.82) is 0 Å². The number of aliphatic hydroxyl groups excluding tert-OH is 1. The number of ether oxygens (including phenoxy) is 1. The number of halogens is 2. The molecule has 3 atom stereocenters. The molecule has 0 bridgehead atoms. The average Bonchev–Trinajstić information content (AvgIpc) is 3.57. The molecule has 0 amide bonds. The number of hydrogen-bond donors (Lipinski definition) is 1. The summed E-state index contributed by atoms with van der Waals surface area (Å²) in [5, 5.41) is 15.7. The van der Waals surface area contributed by atoms with E-state index in [9.17, 15) is 5.11 Å². The molecule has 6 nitrogen and oxygen atoms in total. The third-order valence-corrected chi connectivity index (χ3v) is 7.61. The third-order valence-electron chi connectivity index (χ3n) is 6.98. The predicted molar refractivity (Wildman–Crippen MR) is 127 cm³/mol. The van der Waals surface area contributed by atoms with E-state index in [-0.39, 0.29) is 6.04 Å². The van der Waals surface area contributed by atoms with Gasteiger partial charge in [0.1, 0.15) is 11.5 Å². The number of benzene rings is 1. The molecule has 2 aliphatic rings. The molecule has 0 spiro atoms. The first-order chi connectivity index (χ1) is 15.4. The van der Waals surface area contributed by atoms with Crippen molar-refractivity contribution in [2.45, 2.75) is 63.8 Å². The summed E-state index contributed by atoms with van der Waals surface area (Å²) in [6.07, 6.45) is 3.41. The molecule has 8 heteroatoms. The molecule has 176 valence electrons. The fourth-order valence-corrected chi connectivity index (χ4v) is 5.22. The Bertz CT molecular complexity index is 898. The van der Waals surface area contributed by atoms with Gasteiger partial charge in [0, 0.05) is 56.4 Å². The number of nitrogens with zero attached hydrogens (tertiary/aromatic N) is 3. The zero-order valence-electron chi connectivity index (χ0n) is 19.1. The molecule has 4 rings (SSSR count). The second kappa shape index (κ2) is 10.4. The van der Waals surface area contributed by atoms with E-state index in [0.29, 0.717) is 22.0 Å². The highest BCUT2D eigenvalue weighted by Gasteiger charge is 2.34. The van der Waals surface area contributed by atoms with Crippen molar-refractivity contribution in [3.63, 3.8) is 0 Å². The Morgan fingerprint density at radius 1 is 1.19 bits per heavy atom. The summed E-state index contributed by atoms with van der Waals surface area (Å²) in [5.74, 6) is 1.46. The van der Waals surface area contributed by atoms with E-state index >= 15 is 0 Å². The lowest BCUT2D eigenvalue weighted by Crippen LogP contribution is -2.44. The SMILES string of the molecule is CO[C@@H](O)C(C)N1CCC(C)N(CCc2c(-c3c(Cl)cccc3Cl)noc2C2CC2)CC1. The summed E-state index contributed by atoms with van der Waals surface area (Å²) in [6, 6.07) is 5.96. The summed E-state index contributed by atoms with van der Waals surface area (Å²) in [4.78, 5) is 4.84. The minimum absolute atomic E-state index is 0.0272. The van der Waals surface area contributed by atoms with Crippen molar-refractivity contribution in [3.05, 3.63) is 39.6 Å². The largest absolute Gasteiger partial charge is 0.367 e. The zero-order chi connectivity index (χ0) is 22.8. The highest BCUT2D eigenvalue weighted by Crippen LogP contribution is 2.46. The monoisotopic (exact) mass is 481 g/mol. The van der Waals surface area contributed by atoms with Crippen LogP contribution in [0.3, 0.4) is 0 Å². The fourth-order valence-electron chi connectivity index (χ4n) is 4.65. The lowest BCUT2D eigenvalue weighted by Gasteiger charge is -2.30. The van der Waals surface area contributed by atoms with Gasteiger partial charge in [0.15, 0.2) is 6.29 Å². The van der Waals surface area contributed by atoms with E-state index < -0.39 is 6.29 Å². The van der Waals surface area contributed by atoms with Crippen molar-refractivity contribution in [2.24, 2.45) is 0 Å². The Labute approximate surface area is 200 Å². The molecule has 1 saturated carbocycles. The second-order valence-corrected chi connectivity index (χ2v) is 9.89. The summed E-state index contributed by atoms with van der Waals surface area (Å²) in [7, 11) is 1.55. The molecule has 2 aromatic rings. The first kappa shape index (κ1) is 24.0. The Morgan fingerprint density at radius 3 is 2.56 bits per heavy atom. The minimum Gasteiger partial charge on any atom is -0.367 e. The van der Waals surface area contributed by atoms with Gasteiger partial charge in [-0.3, -0.25) is 9.80 Å². The lowest BCUT2D eigenvalue weighted by molar-refractivity contribution is -0.119. The molecule has 1 aliphatic carbocycles. The van der Waals surface area contributed by atoms with Crippen molar-refractivity contribution in [1.82, 2.24) is 15.0 Å². The van der Waals surface area contributed by atoms with Crippen molar-refractivity contribution in [3.8, 4) is 11.3 Å². The van der Waals surface area contributed by atoms with Gasteiger partial charge < -0.3 is 14.4 Å². The molecule has 1 aliphatic heterocycles. The van der Waals surface area contributed by atoms with Crippen LogP contribution in [-0.2, 0) is 11.2 Å². The van der Waals surface area contributed by atoms with Crippen LogP contribution in [0.25, 0.3) is 11.3 Å². The van der Waals surface area contributed by atoms with E-state index in [2.05, 4.69) is 21.9 Å². The molecule has 1 aromatic carbocycles. The number of aromatic nitrogens is 1. The zero-order valence-corrected chi connectivity index (χ0v) is 20.6. The molecule has 2 unspecified atom stereocenters. The second-order valence-electron chi connectivity index (χ2n) is 9.07. The van der Waals surface area contributed by atoms with Crippen molar-refractivity contribution in [2.75, 3.05) is 33.3 Å². The highest BCUT2D eigenvalue weighted by molar-refractivity contribution is 6.39. The maximum absolute atomic E-state index is 10.1. The maximum atomic E-state index is 10.1. The van der Waals surface area contributed by atoms with Crippen LogP contribution < -0.4 is 0 Å². The van der Waals surface area contributed by atoms with Gasteiger partial charge in [-0.2, -0.15) is 0 Å². The van der Waals surface area contributed by atoms with E-state index in [4.69, 9.17) is 32.5 Å². The van der Waals surface area contributed by atoms with Crippen LogP contribution in [0.5, 0.6) is 0 Å². The van der Waals surface area contributed by atoms with Gasteiger partial charge in [0.25, 0.3) is 0 Å². The van der Waals surface area contributed by atoms with Gasteiger partial charge in [-0.25, -0.2) is 0 Å². The standard InChI is InChI=1S/C24H33Cl2N3O3/c1-15-9-11-29(16(2)24(30)31-3)14-13-28(15)12-10-18-22(27-32-23(18)17-7-8-17)21-19(25)5-4-6-20(21)26/h4-6,15-17,24,30H,7-14H2,1-3H3/t15?,16?,24-/m1/s1. The molecule has 0 radical (unpaired) electrons. The Kier molecular flexibility index (Phi) is 7.81. The van der Waals surface area contributed by atoms with Crippen LogP contribution in [0, 0.1) is 0 Å². The molecule has 1 aromatic heterocycles. The lowest BCUT2D eigenvalue weighted by atomic mass is 10.0. The first-order valence-electron chi connectivity index (χ1n) is 11.5. The van der Waals surface area contributed by atoms with Crippen molar-refractivity contribution >= 4 is 23.2 Å². The summed E-state index contributed by atoms with van der Waals surface area (Å²) < 4.78 is 11.0. The molecule has 32 heavy (non-hydrogen) atoms. The molecule has 2 heterocycles. The summed E-state index contributed by atoms with van der Waals surface area (Å²) >= 11 is 13.0. The maximum Gasteiger partial charge on any atom is 0.169 e. The molecular formula is C24H33Cl2N3O3. The fraction of sp³-hybridized carbons (Fsp3) is 0.625. The molecule has 2 fully saturated rings. The van der Waals surface area contributed by atoms with Gasteiger partial charge in [-0.1, -0.05) is 34.4 Å². The van der Waals surface area contributed by atoms with Crippen LogP contribution in [0.2, 0.25) is 10.0 Å². The number of aliphatic hydroxyl groups is 1. The Hall–Kier alpha value is -1.15. The average molecular weight is 482 g/mol. The molecule has 1 N–H and O–H groups in total. The van der Waals surface area contributed by atoms with E-state index in [1.165, 1.54) is 0 Å². The minimum atomic E-state index is -0.766. The third kappa shape index (κ3) is 5.16. The number of hydrogen-bond acceptors (Lipinski definition) is 6. The topological polar surface area (TPSA) is 62.0 Å². The van der Waals surface area contributed by atoms with E-state index in [1.54, 1.807) is 7.11 Å². The normalized spacial score (nSPS) is 22.6. The van der Waals surface area contributed by atoms with Crippen LogP contribution in [0.15, 0.2) is 22.7 Å². The molecular weight excluding hydrogens is 449 g/mol. The van der Waals surface area contributed by atoms with Gasteiger partial charge >= 0.3 is 0 Å². The number of rotatable bonds is 8. The smallest absolute Gasteiger partial charge is 0.169 e. The summed E-state index contributed by atoms with van der Waals surface area (Å²) in [6.45, 7) is 7.99. The van der Waals surface area contributed by atoms with Gasteiger partial charge in [0.2, 0.25) is 0 Å². The van der Waals surface area contributed by atoms with Crippen LogP contribution in [0.1, 0.15) is 50.4 Å². The number of methoxy groups -OCH3 is 1. The van der Waals surface area contributed by atoms with Gasteiger partial charge in [-0.05, 0) is 51.7 Å². The molecule has 1 saturated heterocycles. The highest BCUT2D eigenvalue weighted by atomic mass is 35.5. The van der Waals surface area contributed by atoms with Crippen LogP contribution in [0.4, 0.5) is 0 Å². The van der Waals surface area contributed by atoms with Crippen LogP contribution in [-0.4, -0.2) is 71.7 Å². The van der Waals surface area contributed by atoms with Gasteiger partial charge in [-0.15, -0.1) is 0 Å². The van der Waals surface area contributed by atoms with Crippen LogP contribution >= 0.6 is 23.2 Å². The predicted octanol–water partition coefficient (Wildman–Crippen LogP) is 4.82. The van der Waals surface area contributed by atoms with E-state index in [1.807, 2.05) is 25.1 Å².